The molecule has 4 aromatic rings. The molecular formula is C27H40N8O3Si. The predicted octanol–water partition coefficient (Wildman–Crippen LogP) is 4.42. The van der Waals surface area contributed by atoms with E-state index in [0.29, 0.717) is 42.2 Å². The molecule has 0 spiro atoms. The normalized spacial score (nSPS) is 11.9. The first-order valence-corrected chi connectivity index (χ1v) is 16.7. The predicted molar refractivity (Wildman–Crippen MR) is 159 cm³/mol. The van der Waals surface area contributed by atoms with Gasteiger partial charge in [-0.3, -0.25) is 4.68 Å². The van der Waals surface area contributed by atoms with Crippen molar-refractivity contribution in [3.63, 3.8) is 0 Å². The monoisotopic (exact) mass is 552 g/mol. The van der Waals surface area contributed by atoms with Crippen LogP contribution in [0.4, 0.5) is 17.3 Å². The lowest BCUT2D eigenvalue weighted by Crippen LogP contribution is -2.22. The maximum atomic E-state index is 6.33. The Morgan fingerprint density at radius 1 is 1.10 bits per heavy atom. The fraction of sp³-hybridized carbons (Fsp3) is 0.444. The lowest BCUT2D eigenvalue weighted by molar-refractivity contribution is 0.0899. The smallest absolute Gasteiger partial charge is 0.229 e. The van der Waals surface area contributed by atoms with Crippen LogP contribution in [0.2, 0.25) is 25.7 Å². The van der Waals surface area contributed by atoms with Gasteiger partial charge in [-0.05, 0) is 32.3 Å². The summed E-state index contributed by atoms with van der Waals surface area (Å²) in [7, 11) is 6.30. The summed E-state index contributed by atoms with van der Waals surface area (Å²) in [6, 6.07) is 6.68. The van der Waals surface area contributed by atoms with Gasteiger partial charge in [-0.1, -0.05) is 19.6 Å². The van der Waals surface area contributed by atoms with E-state index in [1.165, 1.54) is 0 Å². The molecule has 0 unspecified atom stereocenters. The Balaban J connectivity index is 1.66. The molecule has 39 heavy (non-hydrogen) atoms. The summed E-state index contributed by atoms with van der Waals surface area (Å²) in [5.41, 5.74) is 9.88. The first-order valence-electron chi connectivity index (χ1n) is 13.0. The Kier molecular flexibility index (Phi) is 8.78. The van der Waals surface area contributed by atoms with E-state index in [4.69, 9.17) is 29.9 Å². The Labute approximate surface area is 230 Å². The van der Waals surface area contributed by atoms with E-state index in [1.54, 1.807) is 30.1 Å². The van der Waals surface area contributed by atoms with Crippen molar-refractivity contribution >= 4 is 36.4 Å². The van der Waals surface area contributed by atoms with Gasteiger partial charge in [0.25, 0.3) is 0 Å². The number of nitrogens with zero attached hydrogens (tertiary/aromatic N) is 6. The SMILES string of the molecule is COc1cc(OCCN(C)C)c(N)cc1Nc1nc(-c2cnn(C)c2)c2ccn(COCC[Si](C)(C)C)c2n1. The minimum absolute atomic E-state index is 0.405. The molecule has 4 rings (SSSR count). The average Bonchev–Trinajstić information content (AvgIpc) is 3.48. The highest BCUT2D eigenvalue weighted by Crippen LogP contribution is 2.37. The van der Waals surface area contributed by atoms with Crippen molar-refractivity contribution in [1.82, 2.24) is 29.2 Å². The number of anilines is 3. The van der Waals surface area contributed by atoms with Crippen molar-refractivity contribution in [1.29, 1.82) is 0 Å². The highest BCUT2D eigenvalue weighted by molar-refractivity contribution is 6.76. The molecule has 0 aliphatic rings. The van der Waals surface area contributed by atoms with Gasteiger partial charge in [-0.25, -0.2) is 4.98 Å². The van der Waals surface area contributed by atoms with Gasteiger partial charge in [-0.2, -0.15) is 10.1 Å². The van der Waals surface area contributed by atoms with Crippen LogP contribution in [0.5, 0.6) is 11.5 Å². The summed E-state index contributed by atoms with van der Waals surface area (Å²) >= 11 is 0. The fourth-order valence-electron chi connectivity index (χ4n) is 3.96. The van der Waals surface area contributed by atoms with Crippen LogP contribution in [0.25, 0.3) is 22.3 Å². The zero-order valence-corrected chi connectivity index (χ0v) is 25.0. The summed E-state index contributed by atoms with van der Waals surface area (Å²) in [6.45, 7) is 9.45. The lowest BCUT2D eigenvalue weighted by atomic mass is 10.2. The molecule has 0 atom stereocenters. The van der Waals surface area contributed by atoms with Crippen molar-refractivity contribution < 1.29 is 14.2 Å². The highest BCUT2D eigenvalue weighted by Gasteiger charge is 2.18. The zero-order chi connectivity index (χ0) is 28.2. The number of hydrogen-bond acceptors (Lipinski definition) is 9. The van der Waals surface area contributed by atoms with E-state index in [2.05, 4.69) is 30.1 Å². The quantitative estimate of drug-likeness (QED) is 0.141. The summed E-state index contributed by atoms with van der Waals surface area (Å²) in [5.74, 6) is 1.54. The fourth-order valence-corrected chi connectivity index (χ4v) is 4.71. The molecule has 1 aromatic carbocycles. The molecule has 0 bridgehead atoms. The molecule has 3 aromatic heterocycles. The number of nitrogens with two attached hydrogens (primary N) is 1. The van der Waals surface area contributed by atoms with Crippen LogP contribution in [0, 0.1) is 0 Å². The standard InChI is InChI=1S/C27H40N8O3Si/c1-33(2)10-11-38-23-15-24(36-4)22(14-21(23)28)30-27-31-25(19-16-29-34(3)17-19)20-8-9-35(26(20)32-27)18-37-12-13-39(5,6)7/h8-9,14-17H,10-13,18,28H2,1-7H3,(H,30,31,32). The molecule has 0 saturated carbocycles. The van der Waals surface area contributed by atoms with Gasteiger partial charge in [-0.15, -0.1) is 0 Å². The second-order valence-electron chi connectivity index (χ2n) is 11.0. The van der Waals surface area contributed by atoms with Crippen LogP contribution in [0.3, 0.4) is 0 Å². The first-order chi connectivity index (χ1) is 18.5. The molecule has 0 aliphatic heterocycles. The van der Waals surface area contributed by atoms with E-state index in [-0.39, 0.29) is 0 Å². The van der Waals surface area contributed by atoms with Crippen molar-refractivity contribution in [3.05, 3.63) is 36.8 Å². The van der Waals surface area contributed by atoms with Crippen LogP contribution < -0.4 is 20.5 Å². The minimum atomic E-state index is -1.18. The Morgan fingerprint density at radius 2 is 1.90 bits per heavy atom. The van der Waals surface area contributed by atoms with Crippen molar-refractivity contribution in [3.8, 4) is 22.8 Å². The van der Waals surface area contributed by atoms with Crippen LogP contribution in [-0.2, 0) is 18.5 Å². The number of nitrogens with one attached hydrogen (secondary N) is 1. The molecule has 3 heterocycles. The van der Waals surface area contributed by atoms with Crippen LogP contribution in [0.15, 0.2) is 36.8 Å². The number of nitrogen functional groups attached to an aromatic ring is 1. The third-order valence-corrected chi connectivity index (χ3v) is 7.90. The van der Waals surface area contributed by atoms with Gasteiger partial charge in [0.05, 0.1) is 30.4 Å². The second-order valence-corrected chi connectivity index (χ2v) is 16.7. The number of rotatable bonds is 13. The van der Waals surface area contributed by atoms with Gasteiger partial charge < -0.3 is 34.7 Å². The van der Waals surface area contributed by atoms with Gasteiger partial charge in [0.2, 0.25) is 5.95 Å². The summed E-state index contributed by atoms with van der Waals surface area (Å²) < 4.78 is 21.3. The summed E-state index contributed by atoms with van der Waals surface area (Å²) in [6.07, 6.45) is 5.72. The number of aryl methyl sites for hydroxylation is 1. The molecule has 0 amide bonds. The molecule has 0 saturated heterocycles. The topological polar surface area (TPSA) is 118 Å². The van der Waals surface area contributed by atoms with Gasteiger partial charge in [0.1, 0.15) is 30.5 Å². The number of ether oxygens (including phenoxy) is 3. The van der Waals surface area contributed by atoms with Crippen LogP contribution in [-0.4, -0.2) is 78.3 Å². The number of methoxy groups -OCH3 is 1. The Bertz CT molecular complexity index is 1410. The van der Waals surface area contributed by atoms with E-state index in [0.717, 1.165) is 41.5 Å². The molecule has 0 aliphatic carbocycles. The van der Waals surface area contributed by atoms with Crippen molar-refractivity contribution in [2.75, 3.05) is 52.0 Å². The first kappa shape index (κ1) is 28.4. The van der Waals surface area contributed by atoms with E-state index >= 15 is 0 Å². The molecule has 0 radical (unpaired) electrons. The molecular weight excluding hydrogens is 512 g/mol. The molecule has 12 heteroatoms. The summed E-state index contributed by atoms with van der Waals surface area (Å²) in [4.78, 5) is 11.8. The zero-order valence-electron chi connectivity index (χ0n) is 24.0. The van der Waals surface area contributed by atoms with Crippen molar-refractivity contribution in [2.24, 2.45) is 7.05 Å². The third-order valence-electron chi connectivity index (χ3n) is 6.20. The summed E-state index contributed by atoms with van der Waals surface area (Å²) in [5, 5.41) is 8.57. The number of aromatic nitrogens is 5. The highest BCUT2D eigenvalue weighted by atomic mass is 28.3. The van der Waals surface area contributed by atoms with E-state index in [9.17, 15) is 0 Å². The maximum absolute atomic E-state index is 6.33. The minimum Gasteiger partial charge on any atom is -0.494 e. The molecule has 11 nitrogen and oxygen atoms in total. The maximum Gasteiger partial charge on any atom is 0.229 e. The third kappa shape index (κ3) is 7.28. The number of hydrogen-bond donors (Lipinski definition) is 2. The van der Waals surface area contributed by atoms with Crippen LogP contribution in [0.1, 0.15) is 0 Å². The van der Waals surface area contributed by atoms with Gasteiger partial charge >= 0.3 is 0 Å². The van der Waals surface area contributed by atoms with Crippen LogP contribution >= 0.6 is 0 Å². The lowest BCUT2D eigenvalue weighted by Gasteiger charge is -2.17. The second kappa shape index (κ2) is 12.1. The van der Waals surface area contributed by atoms with E-state index in [1.807, 2.05) is 49.1 Å². The van der Waals surface area contributed by atoms with Gasteiger partial charge in [0.15, 0.2) is 0 Å². The van der Waals surface area contributed by atoms with E-state index < -0.39 is 8.07 Å². The molecule has 0 fully saturated rings. The number of benzene rings is 1. The van der Waals surface area contributed by atoms with Gasteiger partial charge in [0, 0.05) is 57.7 Å². The molecule has 3 N–H and O–H groups in total. The average molecular weight is 553 g/mol. The number of likely N-dealkylation sites (N-methyl/N-ethyl adjacent to an activating group) is 1. The molecule has 210 valence electrons. The number of fused-ring (bicyclic) bond motifs is 1. The van der Waals surface area contributed by atoms with Crippen molar-refractivity contribution in [2.45, 2.75) is 32.4 Å². The largest absolute Gasteiger partial charge is 0.494 e. The Morgan fingerprint density at radius 3 is 2.56 bits per heavy atom. The Hall–Kier alpha value is -3.61.